The lowest BCUT2D eigenvalue weighted by Crippen LogP contribution is -2.31. The summed E-state index contributed by atoms with van der Waals surface area (Å²) in [6, 6.07) is 16.7. The Morgan fingerprint density at radius 1 is 1.11 bits per heavy atom. The Morgan fingerprint density at radius 2 is 1.78 bits per heavy atom. The molecule has 0 saturated heterocycles. The summed E-state index contributed by atoms with van der Waals surface area (Å²) in [5, 5.41) is 19.2. The van der Waals surface area contributed by atoms with Crippen LogP contribution in [0.15, 0.2) is 47.3 Å². The van der Waals surface area contributed by atoms with Gasteiger partial charge in [0.2, 0.25) is 0 Å². The molecule has 3 rings (SSSR count). The van der Waals surface area contributed by atoms with E-state index in [-0.39, 0.29) is 11.1 Å². The molecule has 0 radical (unpaired) electrons. The third kappa shape index (κ3) is 3.57. The van der Waals surface area contributed by atoms with Crippen LogP contribution in [-0.2, 0) is 0 Å². The fourth-order valence-corrected chi connectivity index (χ4v) is 3.86. The Hall–Kier alpha value is -3.12. The summed E-state index contributed by atoms with van der Waals surface area (Å²) in [5.41, 5.74) is 2.86. The molecule has 0 atom stereocenters. The number of hydrogen-bond donors (Lipinski definition) is 0. The van der Waals surface area contributed by atoms with E-state index in [1.165, 1.54) is 4.57 Å². The molecule has 27 heavy (non-hydrogen) atoms. The van der Waals surface area contributed by atoms with Gasteiger partial charge in [-0.2, -0.15) is 10.5 Å². The maximum Gasteiger partial charge on any atom is 0.273 e. The van der Waals surface area contributed by atoms with Crippen LogP contribution in [0.3, 0.4) is 0 Å². The number of halogens is 1. The van der Waals surface area contributed by atoms with E-state index in [4.69, 9.17) is 11.6 Å². The van der Waals surface area contributed by atoms with Gasteiger partial charge in [0.05, 0.1) is 10.2 Å². The average molecular weight is 392 g/mol. The molecule has 0 bridgehead atoms. The first-order valence-corrected chi connectivity index (χ1v) is 9.26. The maximum atomic E-state index is 13.1. The molecule has 0 saturated carbocycles. The van der Waals surface area contributed by atoms with Crippen molar-refractivity contribution in [3.05, 3.63) is 83.7 Å². The zero-order chi connectivity index (χ0) is 19.6. The summed E-state index contributed by atoms with van der Waals surface area (Å²) < 4.78 is 2.14. The Morgan fingerprint density at radius 3 is 2.41 bits per heavy atom. The first kappa shape index (κ1) is 18.7. The summed E-state index contributed by atoms with van der Waals surface area (Å²) in [4.78, 5) is 13.1. The van der Waals surface area contributed by atoms with Gasteiger partial charge in [0.25, 0.3) is 5.56 Å². The number of aromatic nitrogens is 1. The van der Waals surface area contributed by atoms with Crippen molar-refractivity contribution in [1.82, 2.24) is 4.57 Å². The molecule has 1 aromatic heterocycles. The van der Waals surface area contributed by atoms with Crippen LogP contribution in [0.2, 0.25) is 5.02 Å². The van der Waals surface area contributed by atoms with Crippen LogP contribution < -0.4 is 14.8 Å². The molecule has 0 aliphatic rings. The number of nitrogens with zero attached hydrogens (tertiary/aromatic N) is 3. The van der Waals surface area contributed by atoms with E-state index < -0.39 is 0 Å². The Bertz CT molecular complexity index is 1270. The van der Waals surface area contributed by atoms with Crippen LogP contribution in [0, 0.1) is 36.5 Å². The molecule has 0 fully saturated rings. The molecule has 2 aromatic carbocycles. The SMILES string of the molecule is Cc1ccc(/C=c2\sc(=C(C#N)C#N)n(-c3cccc(Cl)c3C)c2=O)cc1. The molecular formula is C21H14ClN3OS. The number of thiazole rings is 1. The average Bonchev–Trinajstić information content (AvgIpc) is 2.97. The van der Waals surface area contributed by atoms with Crippen LogP contribution in [0.1, 0.15) is 16.7 Å². The van der Waals surface area contributed by atoms with Gasteiger partial charge in [-0.3, -0.25) is 9.36 Å². The molecule has 0 N–H and O–H groups in total. The van der Waals surface area contributed by atoms with Gasteiger partial charge in [-0.05, 0) is 43.2 Å². The van der Waals surface area contributed by atoms with Crippen molar-refractivity contribution in [3.63, 3.8) is 0 Å². The predicted molar refractivity (Wildman–Crippen MR) is 108 cm³/mol. The van der Waals surface area contributed by atoms with E-state index in [1.807, 2.05) is 43.3 Å². The lowest BCUT2D eigenvalue weighted by molar-refractivity contribution is 0.975. The Labute approximate surface area is 165 Å². The minimum Gasteiger partial charge on any atom is -0.267 e. The highest BCUT2D eigenvalue weighted by atomic mass is 35.5. The first-order valence-electron chi connectivity index (χ1n) is 8.06. The van der Waals surface area contributed by atoms with E-state index >= 15 is 0 Å². The van der Waals surface area contributed by atoms with Crippen LogP contribution in [0.5, 0.6) is 0 Å². The molecule has 0 aliphatic carbocycles. The Balaban J connectivity index is 2.43. The van der Waals surface area contributed by atoms with Crippen LogP contribution in [0.25, 0.3) is 17.3 Å². The second kappa shape index (κ2) is 7.63. The van der Waals surface area contributed by atoms with E-state index in [2.05, 4.69) is 0 Å². The van der Waals surface area contributed by atoms with E-state index in [9.17, 15) is 15.3 Å². The molecule has 0 amide bonds. The van der Waals surface area contributed by atoms with Crippen molar-refractivity contribution < 1.29 is 0 Å². The predicted octanol–water partition coefficient (Wildman–Crippen LogP) is 3.20. The highest BCUT2D eigenvalue weighted by molar-refractivity contribution is 7.07. The summed E-state index contributed by atoms with van der Waals surface area (Å²) in [7, 11) is 0. The van der Waals surface area contributed by atoms with E-state index in [0.717, 1.165) is 22.5 Å². The van der Waals surface area contributed by atoms with Crippen molar-refractivity contribution in [2.24, 2.45) is 0 Å². The molecule has 0 unspecified atom stereocenters. The van der Waals surface area contributed by atoms with E-state index in [0.29, 0.717) is 25.5 Å². The fraction of sp³-hybridized carbons (Fsp3) is 0.0952. The summed E-state index contributed by atoms with van der Waals surface area (Å²) in [6.45, 7) is 3.79. The van der Waals surface area contributed by atoms with Gasteiger partial charge in [0, 0.05) is 5.02 Å². The highest BCUT2D eigenvalue weighted by Gasteiger charge is 2.14. The van der Waals surface area contributed by atoms with Crippen molar-refractivity contribution >= 4 is 34.6 Å². The highest BCUT2D eigenvalue weighted by Crippen LogP contribution is 2.20. The third-order valence-electron chi connectivity index (χ3n) is 4.12. The smallest absolute Gasteiger partial charge is 0.267 e. The van der Waals surface area contributed by atoms with Gasteiger partial charge in [-0.1, -0.05) is 47.5 Å². The van der Waals surface area contributed by atoms with Crippen LogP contribution in [0.4, 0.5) is 0 Å². The number of hydrogen-bond acceptors (Lipinski definition) is 4. The van der Waals surface area contributed by atoms with Gasteiger partial charge in [-0.25, -0.2) is 0 Å². The molecule has 0 aliphatic heterocycles. The first-order chi connectivity index (χ1) is 13.0. The second-order valence-electron chi connectivity index (χ2n) is 5.95. The summed E-state index contributed by atoms with van der Waals surface area (Å²) in [5.74, 6) is 0. The van der Waals surface area contributed by atoms with Crippen molar-refractivity contribution in [1.29, 1.82) is 10.5 Å². The van der Waals surface area contributed by atoms with Crippen LogP contribution in [-0.4, -0.2) is 4.57 Å². The van der Waals surface area contributed by atoms with Gasteiger partial charge in [-0.15, -0.1) is 11.3 Å². The number of rotatable bonds is 2. The van der Waals surface area contributed by atoms with Gasteiger partial charge >= 0.3 is 0 Å². The third-order valence-corrected chi connectivity index (χ3v) is 5.62. The van der Waals surface area contributed by atoms with Gasteiger partial charge in [0.15, 0.2) is 5.57 Å². The van der Waals surface area contributed by atoms with Gasteiger partial charge in [0.1, 0.15) is 16.8 Å². The summed E-state index contributed by atoms with van der Waals surface area (Å²) >= 11 is 7.33. The monoisotopic (exact) mass is 391 g/mol. The quantitative estimate of drug-likeness (QED) is 0.673. The number of benzene rings is 2. The lowest BCUT2D eigenvalue weighted by Gasteiger charge is -2.07. The molecule has 4 nitrogen and oxygen atoms in total. The maximum absolute atomic E-state index is 13.1. The summed E-state index contributed by atoms with van der Waals surface area (Å²) in [6.07, 6.45) is 1.76. The van der Waals surface area contributed by atoms with Crippen molar-refractivity contribution in [3.8, 4) is 17.8 Å². The molecule has 3 aromatic rings. The lowest BCUT2D eigenvalue weighted by atomic mass is 10.1. The standard InChI is InChI=1S/C21H14ClN3OS/c1-13-6-8-15(9-7-13)10-19-20(26)25(21(27-19)16(11-23)12-24)18-5-3-4-17(22)14(18)2/h3-10H,1-2H3/b19-10-. The largest absolute Gasteiger partial charge is 0.273 e. The van der Waals surface area contributed by atoms with Gasteiger partial charge < -0.3 is 0 Å². The molecular weight excluding hydrogens is 378 g/mol. The molecule has 1 heterocycles. The van der Waals surface area contributed by atoms with Crippen molar-refractivity contribution in [2.75, 3.05) is 0 Å². The normalized spacial score (nSPS) is 11.1. The molecule has 0 spiro atoms. The fourth-order valence-electron chi connectivity index (χ4n) is 2.64. The minimum atomic E-state index is -0.288. The minimum absolute atomic E-state index is 0.111. The van der Waals surface area contributed by atoms with Crippen LogP contribution >= 0.6 is 22.9 Å². The zero-order valence-corrected chi connectivity index (χ0v) is 16.2. The van der Waals surface area contributed by atoms with E-state index in [1.54, 1.807) is 31.2 Å². The molecule has 132 valence electrons. The van der Waals surface area contributed by atoms with Crippen molar-refractivity contribution in [2.45, 2.75) is 13.8 Å². The Kier molecular flexibility index (Phi) is 5.28. The molecule has 6 heteroatoms. The number of aryl methyl sites for hydroxylation is 1. The second-order valence-corrected chi connectivity index (χ2v) is 7.39. The number of nitriles is 2. The topological polar surface area (TPSA) is 69.6 Å². The zero-order valence-electron chi connectivity index (χ0n) is 14.7.